The summed E-state index contributed by atoms with van der Waals surface area (Å²) in [6.07, 6.45) is 0.278. The number of hydrogen-bond donors (Lipinski definition) is 4. The zero-order valence-electron chi connectivity index (χ0n) is 10.3. The molecule has 0 spiro atoms. The average Bonchev–Trinajstić information content (AvgIpc) is 2.34. The number of hydrogen-bond acceptors (Lipinski definition) is 3. The molecule has 1 rings (SSSR count). The van der Waals surface area contributed by atoms with Crippen LogP contribution < -0.4 is 16.4 Å². The maximum atomic E-state index is 11.8. The fraction of sp³-hybridized carbons (Fsp3) is 0.250. The van der Waals surface area contributed by atoms with Crippen LogP contribution in [0.2, 0.25) is 0 Å². The van der Waals surface area contributed by atoms with Crippen LogP contribution in [0.3, 0.4) is 0 Å². The predicted molar refractivity (Wildman–Crippen MR) is 68.8 cm³/mol. The molecule has 0 aliphatic carbocycles. The molecule has 7 nitrogen and oxygen atoms in total. The molecule has 0 saturated heterocycles. The van der Waals surface area contributed by atoms with Crippen molar-refractivity contribution in [2.75, 3.05) is 5.32 Å². The van der Waals surface area contributed by atoms with Crippen molar-refractivity contribution in [1.29, 1.82) is 0 Å². The van der Waals surface area contributed by atoms with Crippen LogP contribution in [0.1, 0.15) is 23.7 Å². The third kappa shape index (κ3) is 4.30. The van der Waals surface area contributed by atoms with Gasteiger partial charge in [0.15, 0.2) is 0 Å². The Labute approximate surface area is 109 Å². The van der Waals surface area contributed by atoms with Crippen LogP contribution >= 0.6 is 0 Å². The Morgan fingerprint density at radius 2 is 2.05 bits per heavy atom. The lowest BCUT2D eigenvalue weighted by atomic mass is 10.1. The number of rotatable bonds is 5. The van der Waals surface area contributed by atoms with E-state index in [1.165, 1.54) is 12.1 Å². The Balaban J connectivity index is 2.82. The zero-order valence-corrected chi connectivity index (χ0v) is 10.3. The largest absolute Gasteiger partial charge is 0.480 e. The van der Waals surface area contributed by atoms with Crippen LogP contribution in [-0.4, -0.2) is 29.1 Å². The number of anilines is 1. The number of amides is 3. The average molecular weight is 265 g/mol. The first-order valence-electron chi connectivity index (χ1n) is 5.64. The van der Waals surface area contributed by atoms with Crippen molar-refractivity contribution >= 4 is 23.6 Å². The fourth-order valence-corrected chi connectivity index (χ4v) is 1.46. The first-order valence-corrected chi connectivity index (χ1v) is 5.64. The molecule has 102 valence electrons. The number of carboxylic acids is 1. The van der Waals surface area contributed by atoms with Gasteiger partial charge in [0.1, 0.15) is 6.04 Å². The monoisotopic (exact) mass is 265 g/mol. The highest BCUT2D eigenvalue weighted by Gasteiger charge is 2.18. The first-order chi connectivity index (χ1) is 8.93. The van der Waals surface area contributed by atoms with Gasteiger partial charge in [-0.05, 0) is 24.6 Å². The van der Waals surface area contributed by atoms with Crippen molar-refractivity contribution in [3.8, 4) is 0 Å². The molecule has 5 N–H and O–H groups in total. The van der Waals surface area contributed by atoms with E-state index >= 15 is 0 Å². The number of urea groups is 1. The lowest BCUT2D eigenvalue weighted by molar-refractivity contribution is -0.139. The van der Waals surface area contributed by atoms with Crippen LogP contribution in [0.5, 0.6) is 0 Å². The molecule has 0 aliphatic heterocycles. The van der Waals surface area contributed by atoms with Crippen LogP contribution in [0.15, 0.2) is 24.3 Å². The molecule has 0 radical (unpaired) electrons. The van der Waals surface area contributed by atoms with Gasteiger partial charge in [0.25, 0.3) is 5.91 Å². The molecule has 1 aromatic carbocycles. The number of carbonyl (C=O) groups is 3. The van der Waals surface area contributed by atoms with Crippen LogP contribution in [0.4, 0.5) is 10.5 Å². The minimum Gasteiger partial charge on any atom is -0.480 e. The molecule has 1 aromatic rings. The van der Waals surface area contributed by atoms with Crippen molar-refractivity contribution in [2.24, 2.45) is 5.73 Å². The van der Waals surface area contributed by atoms with Gasteiger partial charge in [-0.3, -0.25) is 4.79 Å². The fourth-order valence-electron chi connectivity index (χ4n) is 1.46. The molecule has 0 aromatic heterocycles. The van der Waals surface area contributed by atoms with Crippen molar-refractivity contribution in [3.63, 3.8) is 0 Å². The van der Waals surface area contributed by atoms with E-state index in [1.807, 2.05) is 0 Å². The standard InChI is InChI=1S/C12H15N3O4/c1-2-9(11(17)18)15-10(16)7-4-3-5-8(6-7)14-12(13)19/h3-6,9H,2H2,1H3,(H,15,16)(H,17,18)(H3,13,14,19). The van der Waals surface area contributed by atoms with E-state index in [0.717, 1.165) is 0 Å². The Kier molecular flexibility index (Phi) is 4.87. The van der Waals surface area contributed by atoms with E-state index in [9.17, 15) is 14.4 Å². The molecule has 3 amide bonds. The van der Waals surface area contributed by atoms with Crippen molar-refractivity contribution in [1.82, 2.24) is 5.32 Å². The van der Waals surface area contributed by atoms with Gasteiger partial charge in [0, 0.05) is 11.3 Å². The van der Waals surface area contributed by atoms with Gasteiger partial charge >= 0.3 is 12.0 Å². The van der Waals surface area contributed by atoms with Crippen LogP contribution in [0, 0.1) is 0 Å². The molecule has 0 fully saturated rings. The van der Waals surface area contributed by atoms with Gasteiger partial charge in [-0.25, -0.2) is 9.59 Å². The summed E-state index contributed by atoms with van der Waals surface area (Å²) in [4.78, 5) is 33.4. The topological polar surface area (TPSA) is 122 Å². The number of carbonyl (C=O) groups excluding carboxylic acids is 2. The number of nitrogens with two attached hydrogens (primary N) is 1. The number of carboxylic acid groups (broad SMARTS) is 1. The third-order valence-corrected chi connectivity index (χ3v) is 2.40. The highest BCUT2D eigenvalue weighted by atomic mass is 16.4. The Morgan fingerprint density at radius 1 is 1.37 bits per heavy atom. The molecular weight excluding hydrogens is 250 g/mol. The molecule has 0 aliphatic rings. The Morgan fingerprint density at radius 3 is 2.58 bits per heavy atom. The predicted octanol–water partition coefficient (Wildman–Crippen LogP) is 0.770. The highest BCUT2D eigenvalue weighted by molar-refractivity contribution is 5.98. The van der Waals surface area contributed by atoms with Crippen molar-refractivity contribution < 1.29 is 19.5 Å². The van der Waals surface area contributed by atoms with Crippen LogP contribution in [-0.2, 0) is 4.79 Å². The van der Waals surface area contributed by atoms with Gasteiger partial charge in [-0.15, -0.1) is 0 Å². The summed E-state index contributed by atoms with van der Waals surface area (Å²) in [5, 5.41) is 13.6. The molecule has 1 unspecified atom stereocenters. The number of nitrogens with one attached hydrogen (secondary N) is 2. The summed E-state index contributed by atoms with van der Waals surface area (Å²) in [6, 6.07) is 4.36. The second-order valence-corrected chi connectivity index (χ2v) is 3.84. The van der Waals surface area contributed by atoms with Gasteiger partial charge in [0.2, 0.25) is 0 Å². The zero-order chi connectivity index (χ0) is 14.4. The highest BCUT2D eigenvalue weighted by Crippen LogP contribution is 2.10. The number of primary amides is 1. The van der Waals surface area contributed by atoms with E-state index in [-0.39, 0.29) is 12.0 Å². The lowest BCUT2D eigenvalue weighted by Crippen LogP contribution is -2.40. The molecule has 0 saturated carbocycles. The molecule has 19 heavy (non-hydrogen) atoms. The van der Waals surface area contributed by atoms with Gasteiger partial charge in [0.05, 0.1) is 0 Å². The molecule has 0 bridgehead atoms. The van der Waals surface area contributed by atoms with Gasteiger partial charge < -0.3 is 21.5 Å². The molecule has 0 heterocycles. The Hall–Kier alpha value is -2.57. The molecule has 7 heteroatoms. The second-order valence-electron chi connectivity index (χ2n) is 3.84. The van der Waals surface area contributed by atoms with Crippen LogP contribution in [0.25, 0.3) is 0 Å². The van der Waals surface area contributed by atoms with E-state index in [0.29, 0.717) is 5.69 Å². The SMILES string of the molecule is CCC(NC(=O)c1cccc(NC(N)=O)c1)C(=O)O. The van der Waals surface area contributed by atoms with E-state index in [4.69, 9.17) is 10.8 Å². The summed E-state index contributed by atoms with van der Waals surface area (Å²) in [6.45, 7) is 1.66. The van der Waals surface area contributed by atoms with Gasteiger partial charge in [-0.1, -0.05) is 13.0 Å². The second kappa shape index (κ2) is 6.39. The number of benzene rings is 1. The number of aliphatic carboxylic acids is 1. The summed E-state index contributed by atoms with van der Waals surface area (Å²) < 4.78 is 0. The summed E-state index contributed by atoms with van der Waals surface area (Å²) >= 11 is 0. The molecular formula is C12H15N3O4. The molecule has 1 atom stereocenters. The van der Waals surface area contributed by atoms with E-state index in [1.54, 1.807) is 19.1 Å². The van der Waals surface area contributed by atoms with Gasteiger partial charge in [-0.2, -0.15) is 0 Å². The maximum absolute atomic E-state index is 11.8. The summed E-state index contributed by atoms with van der Waals surface area (Å²) in [5.74, 6) is -1.62. The minimum atomic E-state index is -1.10. The lowest BCUT2D eigenvalue weighted by Gasteiger charge is -2.12. The third-order valence-electron chi connectivity index (χ3n) is 2.40. The Bertz CT molecular complexity index is 502. The summed E-state index contributed by atoms with van der Waals surface area (Å²) in [7, 11) is 0. The summed E-state index contributed by atoms with van der Waals surface area (Å²) in [5.41, 5.74) is 5.57. The quantitative estimate of drug-likeness (QED) is 0.628. The maximum Gasteiger partial charge on any atom is 0.326 e. The van der Waals surface area contributed by atoms with Crippen molar-refractivity contribution in [2.45, 2.75) is 19.4 Å². The first kappa shape index (κ1) is 14.5. The van der Waals surface area contributed by atoms with Crippen molar-refractivity contribution in [3.05, 3.63) is 29.8 Å². The normalized spacial score (nSPS) is 11.4. The smallest absolute Gasteiger partial charge is 0.326 e. The minimum absolute atomic E-state index is 0.242. The van der Waals surface area contributed by atoms with E-state index in [2.05, 4.69) is 10.6 Å². The van der Waals surface area contributed by atoms with E-state index < -0.39 is 23.9 Å².